The van der Waals surface area contributed by atoms with Crippen LogP contribution in [0.1, 0.15) is 12.5 Å². The molecule has 76 valence electrons. The number of aromatic nitrogens is 1. The van der Waals surface area contributed by atoms with Crippen LogP contribution in [-0.2, 0) is 10.3 Å². The van der Waals surface area contributed by atoms with E-state index in [-0.39, 0.29) is 10.6 Å². The molecule has 0 amide bonds. The highest BCUT2D eigenvalue weighted by molar-refractivity contribution is 6.30. The summed E-state index contributed by atoms with van der Waals surface area (Å²) in [5.41, 5.74) is 4.01. The van der Waals surface area contributed by atoms with Crippen molar-refractivity contribution in [3.05, 3.63) is 28.8 Å². The van der Waals surface area contributed by atoms with E-state index < -0.39 is 17.5 Å². The second-order valence-corrected chi connectivity index (χ2v) is 3.41. The summed E-state index contributed by atoms with van der Waals surface area (Å²) in [5.74, 6) is -2.08. The highest BCUT2D eigenvalue weighted by atomic mass is 35.5. The van der Waals surface area contributed by atoms with Gasteiger partial charge in [0.2, 0.25) is 5.95 Å². The standard InChI is InChI=1S/C8H8ClFN2O2/c1-8(11,7(13)14)4-2-5(9)6(10)12-3-4/h2-3H,11H2,1H3,(H,13,14). The Kier molecular flexibility index (Phi) is 2.73. The van der Waals surface area contributed by atoms with E-state index in [1.54, 1.807) is 0 Å². The van der Waals surface area contributed by atoms with Crippen LogP contribution in [0.25, 0.3) is 0 Å². The zero-order valence-corrected chi connectivity index (χ0v) is 8.05. The Bertz CT molecular complexity index is 382. The summed E-state index contributed by atoms with van der Waals surface area (Å²) in [4.78, 5) is 14.0. The third kappa shape index (κ3) is 1.83. The molecule has 6 heteroatoms. The molecule has 3 N–H and O–H groups in total. The summed E-state index contributed by atoms with van der Waals surface area (Å²) in [6, 6.07) is 1.15. The molecule has 0 radical (unpaired) electrons. The van der Waals surface area contributed by atoms with E-state index in [0.717, 1.165) is 12.3 Å². The molecule has 0 bridgehead atoms. The number of hydrogen-bond acceptors (Lipinski definition) is 3. The number of carboxylic acid groups (broad SMARTS) is 1. The van der Waals surface area contributed by atoms with Gasteiger partial charge in [0.15, 0.2) is 0 Å². The minimum atomic E-state index is -1.62. The Labute approximate surface area is 84.5 Å². The van der Waals surface area contributed by atoms with E-state index in [1.165, 1.54) is 6.92 Å². The van der Waals surface area contributed by atoms with E-state index in [9.17, 15) is 9.18 Å². The van der Waals surface area contributed by atoms with Gasteiger partial charge >= 0.3 is 5.97 Å². The van der Waals surface area contributed by atoms with Gasteiger partial charge in [-0.05, 0) is 13.0 Å². The van der Waals surface area contributed by atoms with Crippen LogP contribution >= 0.6 is 11.6 Å². The Balaban J connectivity index is 3.21. The molecule has 1 unspecified atom stereocenters. The highest BCUT2D eigenvalue weighted by Gasteiger charge is 2.31. The van der Waals surface area contributed by atoms with Crippen molar-refractivity contribution in [3.8, 4) is 0 Å². The summed E-state index contributed by atoms with van der Waals surface area (Å²) in [7, 11) is 0. The van der Waals surface area contributed by atoms with Crippen molar-refractivity contribution in [2.75, 3.05) is 0 Å². The lowest BCUT2D eigenvalue weighted by Gasteiger charge is -2.19. The molecule has 0 aliphatic heterocycles. The van der Waals surface area contributed by atoms with Crippen molar-refractivity contribution in [2.45, 2.75) is 12.5 Å². The number of carboxylic acids is 1. The maximum absolute atomic E-state index is 12.7. The van der Waals surface area contributed by atoms with Gasteiger partial charge in [0.25, 0.3) is 0 Å². The predicted octanol–water partition coefficient (Wildman–Crippen LogP) is 1.13. The first kappa shape index (κ1) is 10.9. The quantitative estimate of drug-likeness (QED) is 0.730. The predicted molar refractivity (Wildman–Crippen MR) is 48.4 cm³/mol. The van der Waals surface area contributed by atoms with E-state index >= 15 is 0 Å². The van der Waals surface area contributed by atoms with Crippen molar-refractivity contribution in [3.63, 3.8) is 0 Å². The first-order valence-corrected chi connectivity index (χ1v) is 4.07. The van der Waals surface area contributed by atoms with Crippen molar-refractivity contribution in [2.24, 2.45) is 5.73 Å². The molecule has 1 aromatic heterocycles. The number of aliphatic carboxylic acids is 1. The lowest BCUT2D eigenvalue weighted by molar-refractivity contribution is -0.143. The van der Waals surface area contributed by atoms with Crippen LogP contribution in [0, 0.1) is 5.95 Å². The van der Waals surface area contributed by atoms with Crippen molar-refractivity contribution >= 4 is 17.6 Å². The fourth-order valence-electron chi connectivity index (χ4n) is 0.829. The number of halogens is 2. The average Bonchev–Trinajstić information content (AvgIpc) is 2.09. The number of nitrogens with zero attached hydrogens (tertiary/aromatic N) is 1. The third-order valence-corrected chi connectivity index (χ3v) is 2.11. The maximum Gasteiger partial charge on any atom is 0.328 e. The minimum absolute atomic E-state index is 0.149. The number of rotatable bonds is 2. The molecule has 1 atom stereocenters. The van der Waals surface area contributed by atoms with Crippen LogP contribution in [0.3, 0.4) is 0 Å². The fourth-order valence-corrected chi connectivity index (χ4v) is 0.995. The summed E-state index contributed by atoms with van der Waals surface area (Å²) < 4.78 is 12.7. The summed E-state index contributed by atoms with van der Waals surface area (Å²) in [6.07, 6.45) is 1.05. The number of pyridine rings is 1. The van der Waals surface area contributed by atoms with E-state index in [4.69, 9.17) is 22.4 Å². The molecule has 1 heterocycles. The topological polar surface area (TPSA) is 76.2 Å². The van der Waals surface area contributed by atoms with Gasteiger partial charge in [0.1, 0.15) is 5.54 Å². The van der Waals surface area contributed by atoms with Crippen LogP contribution in [0.15, 0.2) is 12.3 Å². The van der Waals surface area contributed by atoms with Crippen LogP contribution < -0.4 is 5.73 Å². The van der Waals surface area contributed by atoms with Crippen LogP contribution in [0.2, 0.25) is 5.02 Å². The second kappa shape index (κ2) is 3.51. The van der Waals surface area contributed by atoms with Gasteiger partial charge in [-0.2, -0.15) is 4.39 Å². The molecule has 0 aromatic carbocycles. The van der Waals surface area contributed by atoms with Gasteiger partial charge in [-0.3, -0.25) is 0 Å². The molecular formula is C8H8ClFN2O2. The molecule has 0 spiro atoms. The van der Waals surface area contributed by atoms with Crippen molar-refractivity contribution in [1.29, 1.82) is 0 Å². The van der Waals surface area contributed by atoms with Crippen molar-refractivity contribution < 1.29 is 14.3 Å². The van der Waals surface area contributed by atoms with Gasteiger partial charge in [0, 0.05) is 11.8 Å². The minimum Gasteiger partial charge on any atom is -0.480 e. The lowest BCUT2D eigenvalue weighted by atomic mass is 9.95. The smallest absolute Gasteiger partial charge is 0.328 e. The van der Waals surface area contributed by atoms with E-state index in [0.29, 0.717) is 0 Å². The van der Waals surface area contributed by atoms with Gasteiger partial charge in [-0.15, -0.1) is 0 Å². The number of carbonyl (C=O) groups is 1. The number of nitrogens with two attached hydrogens (primary N) is 1. The molecule has 0 saturated carbocycles. The zero-order valence-electron chi connectivity index (χ0n) is 7.29. The molecule has 0 aliphatic rings. The zero-order chi connectivity index (χ0) is 10.9. The molecule has 0 saturated heterocycles. The first-order chi connectivity index (χ1) is 6.35. The Morgan fingerprint density at radius 2 is 2.36 bits per heavy atom. The average molecular weight is 219 g/mol. The summed E-state index contributed by atoms with van der Waals surface area (Å²) >= 11 is 5.44. The SMILES string of the molecule is CC(N)(C(=O)O)c1cnc(F)c(Cl)c1. The summed E-state index contributed by atoms with van der Waals surface area (Å²) in [6.45, 7) is 1.28. The van der Waals surface area contributed by atoms with Crippen LogP contribution in [0.4, 0.5) is 4.39 Å². The fraction of sp³-hybridized carbons (Fsp3) is 0.250. The van der Waals surface area contributed by atoms with Gasteiger partial charge < -0.3 is 10.8 Å². The van der Waals surface area contributed by atoms with E-state index in [1.807, 2.05) is 0 Å². The molecule has 0 aliphatic carbocycles. The monoisotopic (exact) mass is 218 g/mol. The Morgan fingerprint density at radius 1 is 1.79 bits per heavy atom. The van der Waals surface area contributed by atoms with Crippen LogP contribution in [-0.4, -0.2) is 16.1 Å². The lowest BCUT2D eigenvalue weighted by Crippen LogP contribution is -2.41. The van der Waals surface area contributed by atoms with Crippen LogP contribution in [0.5, 0.6) is 0 Å². The molecule has 1 rings (SSSR count). The number of hydrogen-bond donors (Lipinski definition) is 2. The molecule has 14 heavy (non-hydrogen) atoms. The normalized spacial score (nSPS) is 14.9. The van der Waals surface area contributed by atoms with Crippen molar-refractivity contribution in [1.82, 2.24) is 4.98 Å². The summed E-state index contributed by atoms with van der Waals surface area (Å²) in [5, 5.41) is 8.52. The molecule has 1 aromatic rings. The molecule has 4 nitrogen and oxygen atoms in total. The first-order valence-electron chi connectivity index (χ1n) is 3.69. The highest BCUT2D eigenvalue weighted by Crippen LogP contribution is 2.21. The largest absolute Gasteiger partial charge is 0.480 e. The Morgan fingerprint density at radius 3 is 2.79 bits per heavy atom. The Hall–Kier alpha value is -1.20. The van der Waals surface area contributed by atoms with Gasteiger partial charge in [0.05, 0.1) is 5.02 Å². The third-order valence-electron chi connectivity index (χ3n) is 1.84. The molecule has 0 fully saturated rings. The second-order valence-electron chi connectivity index (χ2n) is 3.00. The molecular weight excluding hydrogens is 211 g/mol. The maximum atomic E-state index is 12.7. The van der Waals surface area contributed by atoms with E-state index in [2.05, 4.69) is 4.98 Å². The van der Waals surface area contributed by atoms with Gasteiger partial charge in [-0.1, -0.05) is 11.6 Å². The van der Waals surface area contributed by atoms with Gasteiger partial charge in [-0.25, -0.2) is 9.78 Å².